The van der Waals surface area contributed by atoms with Crippen LogP contribution >= 0.6 is 11.3 Å². The Kier molecular flexibility index (Phi) is 3.77. The number of pyridine rings is 1. The highest BCUT2D eigenvalue weighted by molar-refractivity contribution is 7.07. The summed E-state index contributed by atoms with van der Waals surface area (Å²) in [6, 6.07) is 8.85. The van der Waals surface area contributed by atoms with Crippen LogP contribution in [0.1, 0.15) is 24.1 Å². The number of nitrogens with two attached hydrogens (primary N) is 1. The quantitative estimate of drug-likeness (QED) is 0.628. The number of anilines is 1. The molecule has 2 heterocycles. The molecule has 1 aliphatic rings. The van der Waals surface area contributed by atoms with Gasteiger partial charge in [-0.25, -0.2) is 10.8 Å². The average molecular weight is 274 g/mol. The van der Waals surface area contributed by atoms with Crippen molar-refractivity contribution in [2.45, 2.75) is 32.0 Å². The lowest BCUT2D eigenvalue weighted by Gasteiger charge is -2.21. The largest absolute Gasteiger partial charge is 0.308 e. The maximum Gasteiger partial charge on any atom is 0.140 e. The van der Waals surface area contributed by atoms with E-state index >= 15 is 0 Å². The third-order valence-corrected chi connectivity index (χ3v) is 4.08. The maximum atomic E-state index is 5.41. The number of hydrogen-bond acceptors (Lipinski definition) is 5. The molecule has 2 aromatic rings. The zero-order valence-corrected chi connectivity index (χ0v) is 11.6. The normalized spacial score (nSPS) is 14.8. The molecular weight excluding hydrogens is 256 g/mol. The van der Waals surface area contributed by atoms with Crippen LogP contribution in [-0.2, 0) is 13.1 Å². The third kappa shape index (κ3) is 3.32. The molecule has 3 N–H and O–H groups in total. The molecule has 1 saturated carbocycles. The summed E-state index contributed by atoms with van der Waals surface area (Å²) in [5, 5.41) is 4.36. The van der Waals surface area contributed by atoms with Gasteiger partial charge in [-0.15, -0.1) is 0 Å². The number of nitrogens with one attached hydrogen (secondary N) is 1. The van der Waals surface area contributed by atoms with E-state index in [0.29, 0.717) is 0 Å². The molecule has 19 heavy (non-hydrogen) atoms. The molecule has 3 rings (SSSR count). The van der Waals surface area contributed by atoms with Crippen molar-refractivity contribution in [3.05, 3.63) is 46.3 Å². The summed E-state index contributed by atoms with van der Waals surface area (Å²) in [7, 11) is 0. The van der Waals surface area contributed by atoms with Gasteiger partial charge >= 0.3 is 0 Å². The lowest BCUT2D eigenvalue weighted by atomic mass is 10.2. The SMILES string of the molecule is NNc1cccc(CN(Cc2ccsc2)C2CC2)n1. The van der Waals surface area contributed by atoms with Gasteiger partial charge in [-0.05, 0) is 47.4 Å². The Bertz CT molecular complexity index is 522. The van der Waals surface area contributed by atoms with Crippen LogP contribution in [0.15, 0.2) is 35.0 Å². The molecule has 0 atom stereocenters. The van der Waals surface area contributed by atoms with E-state index < -0.39 is 0 Å². The Morgan fingerprint density at radius 2 is 2.21 bits per heavy atom. The van der Waals surface area contributed by atoms with Crippen molar-refractivity contribution < 1.29 is 0 Å². The van der Waals surface area contributed by atoms with Gasteiger partial charge in [-0.2, -0.15) is 11.3 Å². The number of rotatable bonds is 6. The van der Waals surface area contributed by atoms with Crippen molar-refractivity contribution in [2.75, 3.05) is 5.43 Å². The van der Waals surface area contributed by atoms with Crippen LogP contribution in [0.4, 0.5) is 5.82 Å². The molecule has 0 spiro atoms. The summed E-state index contributed by atoms with van der Waals surface area (Å²) in [5.74, 6) is 6.13. The first-order valence-corrected chi connectivity index (χ1v) is 7.47. The lowest BCUT2D eigenvalue weighted by molar-refractivity contribution is 0.243. The minimum absolute atomic E-state index is 0.719. The second-order valence-corrected chi connectivity index (χ2v) is 5.71. The van der Waals surface area contributed by atoms with Gasteiger partial charge in [0.2, 0.25) is 0 Å². The number of hydrogen-bond donors (Lipinski definition) is 2. The van der Waals surface area contributed by atoms with Crippen LogP contribution in [0.5, 0.6) is 0 Å². The van der Waals surface area contributed by atoms with Crippen molar-refractivity contribution in [3.63, 3.8) is 0 Å². The molecule has 2 aromatic heterocycles. The van der Waals surface area contributed by atoms with E-state index in [0.717, 1.165) is 30.6 Å². The van der Waals surface area contributed by atoms with Crippen molar-refractivity contribution in [2.24, 2.45) is 5.84 Å². The summed E-state index contributed by atoms with van der Waals surface area (Å²) in [6.07, 6.45) is 2.61. The number of thiophene rings is 1. The predicted octanol–water partition coefficient (Wildman–Crippen LogP) is 2.59. The lowest BCUT2D eigenvalue weighted by Crippen LogP contribution is -2.25. The van der Waals surface area contributed by atoms with E-state index in [1.165, 1.54) is 18.4 Å². The zero-order chi connectivity index (χ0) is 13.1. The third-order valence-electron chi connectivity index (χ3n) is 3.35. The monoisotopic (exact) mass is 274 g/mol. The molecule has 0 saturated heterocycles. The fraction of sp³-hybridized carbons (Fsp3) is 0.357. The molecule has 0 bridgehead atoms. The first kappa shape index (κ1) is 12.6. The van der Waals surface area contributed by atoms with Gasteiger partial charge in [0.15, 0.2) is 0 Å². The van der Waals surface area contributed by atoms with Gasteiger partial charge in [0, 0.05) is 19.1 Å². The second kappa shape index (κ2) is 5.69. The van der Waals surface area contributed by atoms with Crippen molar-refractivity contribution >= 4 is 17.2 Å². The Morgan fingerprint density at radius 3 is 2.89 bits per heavy atom. The van der Waals surface area contributed by atoms with E-state index in [1.807, 2.05) is 12.1 Å². The maximum absolute atomic E-state index is 5.41. The van der Waals surface area contributed by atoms with Gasteiger partial charge in [0.1, 0.15) is 5.82 Å². The Hall–Kier alpha value is -1.43. The highest BCUT2D eigenvalue weighted by atomic mass is 32.1. The van der Waals surface area contributed by atoms with E-state index in [-0.39, 0.29) is 0 Å². The molecule has 0 aromatic carbocycles. The minimum Gasteiger partial charge on any atom is -0.308 e. The standard InChI is InChI=1S/C14H18N4S/c15-17-14-3-1-2-12(16-14)9-18(13-4-5-13)8-11-6-7-19-10-11/h1-3,6-7,10,13H,4-5,8-9,15H2,(H,16,17). The van der Waals surface area contributed by atoms with Gasteiger partial charge in [0.05, 0.1) is 5.69 Å². The van der Waals surface area contributed by atoms with Crippen LogP contribution in [-0.4, -0.2) is 15.9 Å². The molecule has 1 fully saturated rings. The van der Waals surface area contributed by atoms with E-state index in [9.17, 15) is 0 Å². The number of nitrogen functional groups attached to an aromatic ring is 1. The minimum atomic E-state index is 0.719. The second-order valence-electron chi connectivity index (χ2n) is 4.93. The molecule has 0 unspecified atom stereocenters. The molecule has 1 aliphatic carbocycles. The molecular formula is C14H18N4S. The zero-order valence-electron chi connectivity index (χ0n) is 10.7. The van der Waals surface area contributed by atoms with E-state index in [1.54, 1.807) is 11.3 Å². The van der Waals surface area contributed by atoms with Crippen LogP contribution in [0.25, 0.3) is 0 Å². The van der Waals surface area contributed by atoms with Crippen molar-refractivity contribution in [1.82, 2.24) is 9.88 Å². The number of nitrogens with zero attached hydrogens (tertiary/aromatic N) is 2. The summed E-state index contributed by atoms with van der Waals surface area (Å²) in [5.41, 5.74) is 5.06. The first-order valence-electron chi connectivity index (χ1n) is 6.53. The topological polar surface area (TPSA) is 54.2 Å². The van der Waals surface area contributed by atoms with E-state index in [2.05, 4.69) is 38.2 Å². The molecule has 0 amide bonds. The van der Waals surface area contributed by atoms with E-state index in [4.69, 9.17) is 5.84 Å². The molecule has 0 aliphatic heterocycles. The van der Waals surface area contributed by atoms with Gasteiger partial charge < -0.3 is 5.43 Å². The first-order chi connectivity index (χ1) is 9.35. The van der Waals surface area contributed by atoms with Crippen LogP contribution in [0.3, 0.4) is 0 Å². The Labute approximate surface area is 117 Å². The smallest absolute Gasteiger partial charge is 0.140 e. The summed E-state index contributed by atoms with van der Waals surface area (Å²) in [6.45, 7) is 1.90. The summed E-state index contributed by atoms with van der Waals surface area (Å²) < 4.78 is 0. The van der Waals surface area contributed by atoms with Crippen LogP contribution in [0, 0.1) is 0 Å². The Morgan fingerprint density at radius 1 is 1.32 bits per heavy atom. The molecule has 4 nitrogen and oxygen atoms in total. The summed E-state index contributed by atoms with van der Waals surface area (Å²) in [4.78, 5) is 7.00. The predicted molar refractivity (Wildman–Crippen MR) is 78.6 cm³/mol. The van der Waals surface area contributed by atoms with Crippen LogP contribution in [0.2, 0.25) is 0 Å². The fourth-order valence-corrected chi connectivity index (χ4v) is 2.89. The Balaban J connectivity index is 1.70. The fourth-order valence-electron chi connectivity index (χ4n) is 2.23. The van der Waals surface area contributed by atoms with Crippen molar-refractivity contribution in [3.8, 4) is 0 Å². The van der Waals surface area contributed by atoms with Gasteiger partial charge in [0.25, 0.3) is 0 Å². The number of hydrazine groups is 1. The van der Waals surface area contributed by atoms with Gasteiger partial charge in [-0.1, -0.05) is 6.07 Å². The highest BCUT2D eigenvalue weighted by Gasteiger charge is 2.29. The van der Waals surface area contributed by atoms with Crippen LogP contribution < -0.4 is 11.3 Å². The molecule has 5 heteroatoms. The molecule has 100 valence electrons. The number of aromatic nitrogens is 1. The molecule has 0 radical (unpaired) electrons. The van der Waals surface area contributed by atoms with Crippen molar-refractivity contribution in [1.29, 1.82) is 0 Å². The highest BCUT2D eigenvalue weighted by Crippen LogP contribution is 2.30. The average Bonchev–Trinajstić information content (AvgIpc) is 3.17. The van der Waals surface area contributed by atoms with Gasteiger partial charge in [-0.3, -0.25) is 4.90 Å². The summed E-state index contributed by atoms with van der Waals surface area (Å²) >= 11 is 1.76.